The smallest absolute Gasteiger partial charge is 0.157 e. The van der Waals surface area contributed by atoms with Crippen LogP contribution >= 0.6 is 0 Å². The van der Waals surface area contributed by atoms with Crippen molar-refractivity contribution in [2.24, 2.45) is 5.16 Å². The number of rotatable bonds is 5. The number of nitrogens with zero attached hydrogens (tertiary/aromatic N) is 1. The summed E-state index contributed by atoms with van der Waals surface area (Å²) in [6.07, 6.45) is 9.72. The van der Waals surface area contributed by atoms with Gasteiger partial charge in [-0.25, -0.2) is 0 Å². The molecule has 0 unspecified atom stereocenters. The van der Waals surface area contributed by atoms with Gasteiger partial charge >= 0.3 is 0 Å². The third-order valence-corrected chi connectivity index (χ3v) is 1.03. The van der Waals surface area contributed by atoms with E-state index >= 15 is 0 Å². The van der Waals surface area contributed by atoms with Crippen LogP contribution in [0, 0.1) is 0 Å². The highest BCUT2D eigenvalue weighted by atomic mass is 16.6. The third-order valence-electron chi connectivity index (χ3n) is 1.03. The fraction of sp³-hybridized carbons (Fsp3) is 0.300. The van der Waals surface area contributed by atoms with E-state index in [2.05, 4.69) is 11.7 Å². The van der Waals surface area contributed by atoms with Gasteiger partial charge in [0.2, 0.25) is 0 Å². The highest BCUT2D eigenvalue weighted by molar-refractivity contribution is 5.55. The van der Waals surface area contributed by atoms with Gasteiger partial charge in [-0.1, -0.05) is 30.8 Å². The number of hydrogen-bond acceptors (Lipinski definition) is 2. The van der Waals surface area contributed by atoms with E-state index in [9.17, 15) is 0 Å². The molecule has 0 fully saturated rings. The summed E-state index contributed by atoms with van der Waals surface area (Å²) < 4.78 is 0. The average molecular weight is 165 g/mol. The van der Waals surface area contributed by atoms with Crippen molar-refractivity contribution in [3.05, 3.63) is 36.6 Å². The summed E-state index contributed by atoms with van der Waals surface area (Å²) in [7, 11) is 0. The van der Waals surface area contributed by atoms with E-state index in [1.807, 2.05) is 26.0 Å². The van der Waals surface area contributed by atoms with E-state index in [4.69, 9.17) is 4.84 Å². The van der Waals surface area contributed by atoms with Crippen LogP contribution < -0.4 is 0 Å². The molecule has 0 atom stereocenters. The molecule has 0 spiro atoms. The fourth-order valence-corrected chi connectivity index (χ4v) is 0.569. The van der Waals surface area contributed by atoms with Crippen LogP contribution in [-0.4, -0.2) is 6.21 Å². The van der Waals surface area contributed by atoms with Crippen LogP contribution in [0.25, 0.3) is 0 Å². The predicted molar refractivity (Wildman–Crippen MR) is 53.0 cm³/mol. The van der Waals surface area contributed by atoms with Gasteiger partial charge in [0.1, 0.15) is 0 Å². The Hall–Kier alpha value is -1.31. The van der Waals surface area contributed by atoms with Gasteiger partial charge in [-0.3, -0.25) is 0 Å². The Kier molecular flexibility index (Phi) is 6.94. The lowest BCUT2D eigenvalue weighted by Crippen LogP contribution is -1.81. The van der Waals surface area contributed by atoms with Crippen LogP contribution in [-0.2, 0) is 4.84 Å². The molecule has 0 aliphatic heterocycles. The Morgan fingerprint density at radius 3 is 2.83 bits per heavy atom. The van der Waals surface area contributed by atoms with Crippen molar-refractivity contribution < 1.29 is 4.84 Å². The van der Waals surface area contributed by atoms with E-state index in [1.54, 1.807) is 18.4 Å². The quantitative estimate of drug-likeness (QED) is 0.265. The number of oxime groups is 1. The highest BCUT2D eigenvalue weighted by Gasteiger charge is 1.86. The summed E-state index contributed by atoms with van der Waals surface area (Å²) in [6.45, 7) is 7.49. The van der Waals surface area contributed by atoms with Gasteiger partial charge in [-0.2, -0.15) is 0 Å². The standard InChI is InChI=1S/C10H15NO/c1-4-7-10(8-5-2)12-11-9-6-3/h4-5,7-9H,1,6H2,2-3H3/b8-5-,10-7+,11-9+. The van der Waals surface area contributed by atoms with Gasteiger partial charge in [0.05, 0.1) is 0 Å². The molecule has 0 aromatic heterocycles. The van der Waals surface area contributed by atoms with E-state index < -0.39 is 0 Å². The maximum Gasteiger partial charge on any atom is 0.157 e. The molecule has 0 heterocycles. The lowest BCUT2D eigenvalue weighted by Gasteiger charge is -1.95. The SMILES string of the molecule is C=C/C=C(\C=C/C)O/N=C/CC. The van der Waals surface area contributed by atoms with Crippen molar-refractivity contribution in [2.75, 3.05) is 0 Å². The molecule has 0 saturated carbocycles. The van der Waals surface area contributed by atoms with Crippen LogP contribution in [0.1, 0.15) is 20.3 Å². The van der Waals surface area contributed by atoms with Gasteiger partial charge in [-0.15, -0.1) is 0 Å². The average Bonchev–Trinajstić information content (AvgIpc) is 2.06. The summed E-state index contributed by atoms with van der Waals surface area (Å²) in [5.74, 6) is 0.692. The van der Waals surface area contributed by atoms with Gasteiger partial charge in [-0.05, 0) is 25.5 Å². The minimum atomic E-state index is 0.692. The molecule has 0 rings (SSSR count). The monoisotopic (exact) mass is 165 g/mol. The third kappa shape index (κ3) is 5.47. The molecule has 0 N–H and O–H groups in total. The highest BCUT2D eigenvalue weighted by Crippen LogP contribution is 2.00. The second-order valence-electron chi connectivity index (χ2n) is 2.09. The zero-order chi connectivity index (χ0) is 9.23. The Morgan fingerprint density at radius 2 is 2.33 bits per heavy atom. The van der Waals surface area contributed by atoms with E-state index in [-0.39, 0.29) is 0 Å². The van der Waals surface area contributed by atoms with Crippen molar-refractivity contribution in [1.29, 1.82) is 0 Å². The summed E-state index contributed by atoms with van der Waals surface area (Å²) in [5, 5.41) is 3.74. The first kappa shape index (κ1) is 10.7. The van der Waals surface area contributed by atoms with E-state index in [0.717, 1.165) is 6.42 Å². The maximum atomic E-state index is 5.04. The van der Waals surface area contributed by atoms with Crippen LogP contribution in [0.5, 0.6) is 0 Å². The first-order chi connectivity index (χ1) is 5.85. The van der Waals surface area contributed by atoms with Crippen molar-refractivity contribution >= 4 is 6.21 Å². The molecule has 2 heteroatoms. The van der Waals surface area contributed by atoms with Gasteiger partial charge < -0.3 is 4.84 Å². The molecule has 0 bridgehead atoms. The van der Waals surface area contributed by atoms with E-state index in [0.29, 0.717) is 5.76 Å². The van der Waals surface area contributed by atoms with Gasteiger partial charge in [0.25, 0.3) is 0 Å². The zero-order valence-corrected chi connectivity index (χ0v) is 7.66. The number of allylic oxidation sites excluding steroid dienone is 4. The van der Waals surface area contributed by atoms with Crippen LogP contribution in [0.2, 0.25) is 0 Å². The van der Waals surface area contributed by atoms with Crippen molar-refractivity contribution in [3.8, 4) is 0 Å². The van der Waals surface area contributed by atoms with Crippen LogP contribution in [0.15, 0.2) is 41.8 Å². The lowest BCUT2D eigenvalue weighted by molar-refractivity contribution is 0.242. The van der Waals surface area contributed by atoms with Crippen molar-refractivity contribution in [3.63, 3.8) is 0 Å². The molecule has 0 saturated heterocycles. The molecular formula is C10H15NO. The molecular weight excluding hydrogens is 150 g/mol. The normalized spacial score (nSPS) is 12.7. The minimum absolute atomic E-state index is 0.692. The lowest BCUT2D eigenvalue weighted by atomic mass is 10.4. The van der Waals surface area contributed by atoms with Gasteiger partial charge in [0.15, 0.2) is 5.76 Å². The fourth-order valence-electron chi connectivity index (χ4n) is 0.569. The Bertz CT molecular complexity index is 202. The van der Waals surface area contributed by atoms with Gasteiger partial charge in [0, 0.05) is 6.21 Å². The zero-order valence-electron chi connectivity index (χ0n) is 7.66. The Balaban J connectivity index is 4.05. The summed E-state index contributed by atoms with van der Waals surface area (Å²) in [6, 6.07) is 0. The molecule has 0 radical (unpaired) electrons. The first-order valence-corrected chi connectivity index (χ1v) is 3.99. The summed E-state index contributed by atoms with van der Waals surface area (Å²) in [4.78, 5) is 5.04. The maximum absolute atomic E-state index is 5.04. The topological polar surface area (TPSA) is 21.6 Å². The predicted octanol–water partition coefficient (Wildman–Crippen LogP) is 3.04. The van der Waals surface area contributed by atoms with Crippen LogP contribution in [0.3, 0.4) is 0 Å². The molecule has 66 valence electrons. The van der Waals surface area contributed by atoms with Crippen molar-refractivity contribution in [1.82, 2.24) is 0 Å². The molecule has 0 aliphatic carbocycles. The van der Waals surface area contributed by atoms with Crippen molar-refractivity contribution in [2.45, 2.75) is 20.3 Å². The molecule has 2 nitrogen and oxygen atoms in total. The molecule has 0 amide bonds. The number of hydrogen-bond donors (Lipinski definition) is 0. The second kappa shape index (κ2) is 7.79. The largest absolute Gasteiger partial charge is 0.357 e. The minimum Gasteiger partial charge on any atom is -0.357 e. The second-order valence-corrected chi connectivity index (χ2v) is 2.09. The summed E-state index contributed by atoms with van der Waals surface area (Å²) >= 11 is 0. The first-order valence-electron chi connectivity index (χ1n) is 3.99. The Morgan fingerprint density at radius 1 is 1.58 bits per heavy atom. The Labute approximate surface area is 73.9 Å². The molecule has 0 aromatic rings. The molecule has 0 aromatic carbocycles. The molecule has 12 heavy (non-hydrogen) atoms. The van der Waals surface area contributed by atoms with Crippen LogP contribution in [0.4, 0.5) is 0 Å². The summed E-state index contributed by atoms with van der Waals surface area (Å²) in [5.41, 5.74) is 0. The van der Waals surface area contributed by atoms with E-state index in [1.165, 1.54) is 0 Å². The molecule has 0 aliphatic rings.